The van der Waals surface area contributed by atoms with Gasteiger partial charge in [0.2, 0.25) is 0 Å². The molecule has 2 atom stereocenters. The Kier molecular flexibility index (Phi) is 8.57. The van der Waals surface area contributed by atoms with Crippen molar-refractivity contribution in [3.05, 3.63) is 57.6 Å². The smallest absolute Gasteiger partial charge is 0.388 e. The molecule has 5 nitrogen and oxygen atoms in total. The molecule has 0 aliphatic rings. The second-order valence-corrected chi connectivity index (χ2v) is 10.8. The highest BCUT2D eigenvalue weighted by Gasteiger charge is 2.31. The van der Waals surface area contributed by atoms with E-state index in [1.54, 1.807) is 6.07 Å². The molecular weight excluding hydrogens is 513 g/mol. The first-order valence-corrected chi connectivity index (χ1v) is 12.9. The average molecular weight is 538 g/mol. The molecule has 0 amide bonds. The molecule has 0 bridgehead atoms. The minimum Gasteiger partial charge on any atom is -0.388 e. The van der Waals surface area contributed by atoms with Crippen LogP contribution in [0.2, 0.25) is 10.0 Å². The Labute approximate surface area is 205 Å². The zero-order chi connectivity index (χ0) is 25.3. The minimum absolute atomic E-state index is 0.0561. The van der Waals surface area contributed by atoms with Crippen molar-refractivity contribution >= 4 is 52.5 Å². The zero-order valence-electron chi connectivity index (χ0n) is 18.6. The molecule has 0 saturated heterocycles. The number of aliphatic hydroxyl groups is 1. The molecule has 0 aliphatic carbocycles. The average Bonchev–Trinajstić information content (AvgIpc) is 2.77. The number of nitrogens with zero attached hydrogens (tertiary/aromatic N) is 1. The highest BCUT2D eigenvalue weighted by atomic mass is 35.5. The van der Waals surface area contributed by atoms with Crippen molar-refractivity contribution in [3.63, 3.8) is 0 Å². The van der Waals surface area contributed by atoms with Crippen molar-refractivity contribution in [3.8, 4) is 0 Å². The summed E-state index contributed by atoms with van der Waals surface area (Å²) in [4.78, 5) is 10.1. The molecule has 0 fully saturated rings. The molecule has 0 aliphatic heterocycles. The molecule has 0 heterocycles. The van der Waals surface area contributed by atoms with Crippen LogP contribution < -0.4 is 0 Å². The first-order valence-electron chi connectivity index (χ1n) is 10.6. The molecule has 3 rings (SSSR count). The molecule has 3 aromatic rings. The SMILES string of the molecule is CCCCN(CCC(O)c1cc2ccc(C(F)(F)F)cc2c2cc(Cl)cc(Cl)c12)P(=O)(O)OC. The van der Waals surface area contributed by atoms with Crippen LogP contribution in [-0.4, -0.2) is 34.9 Å². The van der Waals surface area contributed by atoms with Gasteiger partial charge >= 0.3 is 13.9 Å². The lowest BCUT2D eigenvalue weighted by atomic mass is 9.92. The molecule has 34 heavy (non-hydrogen) atoms. The lowest BCUT2D eigenvalue weighted by Crippen LogP contribution is -2.25. The fraction of sp³-hybridized carbons (Fsp3) is 0.391. The van der Waals surface area contributed by atoms with Gasteiger partial charge in [-0.25, -0.2) is 9.24 Å². The summed E-state index contributed by atoms with van der Waals surface area (Å²) in [6, 6.07) is 7.91. The van der Waals surface area contributed by atoms with Crippen LogP contribution in [0.1, 0.15) is 43.4 Å². The van der Waals surface area contributed by atoms with Gasteiger partial charge < -0.3 is 14.5 Å². The van der Waals surface area contributed by atoms with E-state index in [0.717, 1.165) is 25.7 Å². The summed E-state index contributed by atoms with van der Waals surface area (Å²) in [5.41, 5.74) is -0.417. The summed E-state index contributed by atoms with van der Waals surface area (Å²) in [7, 11) is -2.87. The summed E-state index contributed by atoms with van der Waals surface area (Å²) in [5.74, 6) is 0. The predicted molar refractivity (Wildman–Crippen MR) is 129 cm³/mol. The molecule has 2 unspecified atom stereocenters. The molecular formula is C23H25Cl2F3NO4P. The molecule has 0 saturated carbocycles. The van der Waals surface area contributed by atoms with Gasteiger partial charge in [-0.2, -0.15) is 13.2 Å². The third-order valence-electron chi connectivity index (χ3n) is 5.71. The first-order chi connectivity index (χ1) is 15.9. The Morgan fingerprint density at radius 3 is 2.44 bits per heavy atom. The summed E-state index contributed by atoms with van der Waals surface area (Å²) in [6.45, 7) is 2.31. The maximum atomic E-state index is 13.3. The predicted octanol–water partition coefficient (Wildman–Crippen LogP) is 7.59. The van der Waals surface area contributed by atoms with Crippen molar-refractivity contribution in [1.82, 2.24) is 4.67 Å². The van der Waals surface area contributed by atoms with Crippen molar-refractivity contribution in [2.75, 3.05) is 20.2 Å². The van der Waals surface area contributed by atoms with Crippen LogP contribution in [0.5, 0.6) is 0 Å². The van der Waals surface area contributed by atoms with Crippen LogP contribution in [0.25, 0.3) is 21.5 Å². The van der Waals surface area contributed by atoms with Gasteiger partial charge in [0.1, 0.15) is 0 Å². The van der Waals surface area contributed by atoms with Crippen LogP contribution in [-0.2, 0) is 15.3 Å². The van der Waals surface area contributed by atoms with Crippen molar-refractivity contribution in [2.45, 2.75) is 38.5 Å². The molecule has 3 aromatic carbocycles. The number of aliphatic hydroxyl groups excluding tert-OH is 1. The van der Waals surface area contributed by atoms with E-state index in [1.807, 2.05) is 6.92 Å². The van der Waals surface area contributed by atoms with Gasteiger partial charge in [-0.1, -0.05) is 42.6 Å². The van der Waals surface area contributed by atoms with E-state index in [1.165, 1.54) is 22.9 Å². The number of alkyl halides is 3. The van der Waals surface area contributed by atoms with Crippen LogP contribution in [0.3, 0.4) is 0 Å². The quantitative estimate of drug-likeness (QED) is 0.217. The largest absolute Gasteiger partial charge is 0.416 e. The van der Waals surface area contributed by atoms with E-state index in [-0.39, 0.29) is 23.0 Å². The molecule has 11 heteroatoms. The van der Waals surface area contributed by atoms with E-state index < -0.39 is 25.6 Å². The van der Waals surface area contributed by atoms with Gasteiger partial charge in [-0.05, 0) is 64.9 Å². The monoisotopic (exact) mass is 537 g/mol. The molecule has 0 radical (unpaired) electrons. The van der Waals surface area contributed by atoms with Gasteiger partial charge in [-0.3, -0.25) is 0 Å². The van der Waals surface area contributed by atoms with Crippen LogP contribution in [0.15, 0.2) is 36.4 Å². The Balaban J connectivity index is 2.08. The Hall–Kier alpha value is -1.38. The third kappa shape index (κ3) is 5.88. The lowest BCUT2D eigenvalue weighted by Gasteiger charge is -2.26. The van der Waals surface area contributed by atoms with Crippen molar-refractivity contribution in [2.24, 2.45) is 0 Å². The van der Waals surface area contributed by atoms with Crippen LogP contribution in [0.4, 0.5) is 13.2 Å². The number of fused-ring (bicyclic) bond motifs is 3. The van der Waals surface area contributed by atoms with E-state index in [9.17, 15) is 27.7 Å². The fourth-order valence-electron chi connectivity index (χ4n) is 3.92. The number of halogens is 5. The van der Waals surface area contributed by atoms with E-state index >= 15 is 0 Å². The van der Waals surface area contributed by atoms with Gasteiger partial charge in [0, 0.05) is 30.6 Å². The second kappa shape index (κ2) is 10.7. The molecule has 2 N–H and O–H groups in total. The van der Waals surface area contributed by atoms with Gasteiger partial charge in [0.15, 0.2) is 0 Å². The molecule has 0 aromatic heterocycles. The standard InChI is InChI=1S/C23H25Cl2F3NO4P/c1-3-4-8-29(34(31,32)33-2)9-7-21(30)19-10-14-5-6-15(23(26,27)28)11-17(14)18-12-16(24)13-20(25)22(18)19/h5-6,10-13,21,30H,3-4,7-9H2,1-2H3,(H,31,32). The van der Waals surface area contributed by atoms with E-state index in [4.69, 9.17) is 27.7 Å². The maximum absolute atomic E-state index is 13.3. The highest BCUT2D eigenvalue weighted by Crippen LogP contribution is 2.46. The van der Waals surface area contributed by atoms with Crippen molar-refractivity contribution in [1.29, 1.82) is 0 Å². The number of rotatable bonds is 9. The zero-order valence-corrected chi connectivity index (χ0v) is 21.0. The van der Waals surface area contributed by atoms with Gasteiger partial charge in [0.25, 0.3) is 0 Å². The molecule has 0 spiro atoms. The normalized spacial score (nSPS) is 15.2. The Morgan fingerprint density at radius 2 is 1.82 bits per heavy atom. The first kappa shape index (κ1) is 27.2. The Bertz CT molecular complexity index is 1240. The minimum atomic E-state index is -4.53. The Morgan fingerprint density at radius 1 is 1.12 bits per heavy atom. The third-order valence-corrected chi connectivity index (χ3v) is 7.82. The fourth-order valence-corrected chi connectivity index (χ4v) is 5.52. The van der Waals surface area contributed by atoms with Gasteiger partial charge in [-0.15, -0.1) is 0 Å². The second-order valence-electron chi connectivity index (χ2n) is 7.99. The summed E-state index contributed by atoms with van der Waals surface area (Å²) < 4.78 is 58.4. The van der Waals surface area contributed by atoms with E-state index in [0.29, 0.717) is 40.1 Å². The lowest BCUT2D eigenvalue weighted by molar-refractivity contribution is -0.137. The molecule has 186 valence electrons. The topological polar surface area (TPSA) is 70.0 Å². The van der Waals surface area contributed by atoms with Crippen molar-refractivity contribution < 1.29 is 32.3 Å². The van der Waals surface area contributed by atoms with E-state index in [2.05, 4.69) is 0 Å². The number of hydrogen-bond acceptors (Lipinski definition) is 3. The summed E-state index contributed by atoms with van der Waals surface area (Å²) in [6.07, 6.45) is -4.11. The number of hydrogen-bond donors (Lipinski definition) is 2. The summed E-state index contributed by atoms with van der Waals surface area (Å²) in [5, 5.41) is 13.0. The van der Waals surface area contributed by atoms with Gasteiger partial charge in [0.05, 0.1) is 16.7 Å². The highest BCUT2D eigenvalue weighted by molar-refractivity contribution is 7.50. The van der Waals surface area contributed by atoms with Crippen LogP contribution >= 0.6 is 30.9 Å². The number of unbranched alkanes of at least 4 members (excludes halogenated alkanes) is 1. The number of benzene rings is 3. The summed E-state index contributed by atoms with van der Waals surface area (Å²) >= 11 is 12.6. The van der Waals surface area contributed by atoms with Crippen LogP contribution in [0, 0.1) is 0 Å². The maximum Gasteiger partial charge on any atom is 0.416 e.